The van der Waals surface area contributed by atoms with Crippen LogP contribution in [0.3, 0.4) is 0 Å². The molecule has 2 saturated heterocycles. The molecule has 13 heteroatoms. The molecule has 2 aromatic carbocycles. The number of nitrogens with zero attached hydrogens (tertiary/aromatic N) is 4. The van der Waals surface area contributed by atoms with Gasteiger partial charge in [0.1, 0.15) is 16.9 Å². The quantitative estimate of drug-likeness (QED) is 0.320. The number of rotatable bonds is 8. The Morgan fingerprint density at radius 1 is 1.17 bits per heavy atom. The largest absolute Gasteiger partial charge is 0.495 e. The number of hydrogen-bond donors (Lipinski definition) is 2. The van der Waals surface area contributed by atoms with Crippen LogP contribution in [-0.2, 0) is 23.0 Å². The van der Waals surface area contributed by atoms with E-state index in [1.807, 2.05) is 29.1 Å². The van der Waals surface area contributed by atoms with Gasteiger partial charge in [0.2, 0.25) is 0 Å². The van der Waals surface area contributed by atoms with E-state index in [4.69, 9.17) is 18.7 Å². The zero-order valence-corrected chi connectivity index (χ0v) is 23.8. The number of fused-ring (bicyclic) bond motifs is 3. The van der Waals surface area contributed by atoms with Crippen molar-refractivity contribution in [2.24, 2.45) is 5.41 Å². The van der Waals surface area contributed by atoms with Crippen molar-refractivity contribution in [3.8, 4) is 17.2 Å². The van der Waals surface area contributed by atoms with Crippen molar-refractivity contribution in [3.63, 3.8) is 0 Å². The highest BCUT2D eigenvalue weighted by molar-refractivity contribution is 7.93. The van der Waals surface area contributed by atoms with Gasteiger partial charge < -0.3 is 29.0 Å². The Kier molecular flexibility index (Phi) is 6.23. The molecule has 3 aliphatic rings. The maximum Gasteiger partial charge on any atom is 0.270 e. The molecule has 0 unspecified atom stereocenters. The lowest BCUT2D eigenvalue weighted by Crippen LogP contribution is -2.60. The van der Waals surface area contributed by atoms with E-state index in [0.717, 1.165) is 55.8 Å². The van der Waals surface area contributed by atoms with E-state index in [1.165, 1.54) is 14.2 Å². The summed E-state index contributed by atoms with van der Waals surface area (Å²) in [6, 6.07) is 7.26. The first-order valence-electron chi connectivity index (χ1n) is 13.7. The zero-order chi connectivity index (χ0) is 28.2. The van der Waals surface area contributed by atoms with E-state index in [1.54, 1.807) is 12.3 Å². The highest BCUT2D eigenvalue weighted by Gasteiger charge is 2.45. The second-order valence-corrected chi connectivity index (χ2v) is 12.5. The van der Waals surface area contributed by atoms with Gasteiger partial charge in [0.05, 0.1) is 33.1 Å². The summed E-state index contributed by atoms with van der Waals surface area (Å²) in [5.41, 5.74) is 3.36. The van der Waals surface area contributed by atoms with Crippen molar-refractivity contribution in [2.75, 3.05) is 56.6 Å². The van der Waals surface area contributed by atoms with Crippen molar-refractivity contribution < 1.29 is 27.2 Å². The molecule has 41 heavy (non-hydrogen) atoms. The molecule has 0 atom stereocenters. The first-order chi connectivity index (χ1) is 19.9. The molecule has 2 fully saturated rings. The lowest BCUT2D eigenvalue weighted by Gasteiger charge is -2.53. The summed E-state index contributed by atoms with van der Waals surface area (Å²) in [4.78, 5) is 2.09. The van der Waals surface area contributed by atoms with Gasteiger partial charge in [-0.15, -0.1) is 0 Å². The number of methoxy groups -OCH3 is 2. The van der Waals surface area contributed by atoms with E-state index >= 15 is 0 Å². The number of benzene rings is 2. The van der Waals surface area contributed by atoms with E-state index in [9.17, 15) is 8.42 Å². The van der Waals surface area contributed by atoms with Gasteiger partial charge in [-0.2, -0.15) is 5.10 Å². The third-order valence-electron chi connectivity index (χ3n) is 8.44. The SMILES string of the molecule is COc1ccc(N2CC3(CCNCC3)C2)c(OC)c1S(=O)(=O)Nc1noc2cc(Cn3cccn3)c3c(c12)OCC3. The van der Waals surface area contributed by atoms with E-state index in [-0.39, 0.29) is 27.6 Å². The third kappa shape index (κ3) is 4.34. The average molecular weight is 581 g/mol. The van der Waals surface area contributed by atoms with Gasteiger partial charge in [-0.1, -0.05) is 5.16 Å². The van der Waals surface area contributed by atoms with Gasteiger partial charge in [-0.3, -0.25) is 9.40 Å². The molecule has 0 bridgehead atoms. The molecule has 216 valence electrons. The van der Waals surface area contributed by atoms with Crippen LogP contribution in [0.2, 0.25) is 0 Å². The van der Waals surface area contributed by atoms with Crippen molar-refractivity contribution in [3.05, 3.63) is 47.8 Å². The first kappa shape index (κ1) is 26.0. The molecule has 12 nitrogen and oxygen atoms in total. The number of hydrogen-bond acceptors (Lipinski definition) is 10. The topological polar surface area (TPSA) is 133 Å². The number of nitrogens with one attached hydrogen (secondary N) is 2. The molecule has 0 aliphatic carbocycles. The Balaban J connectivity index is 1.25. The van der Waals surface area contributed by atoms with Crippen LogP contribution in [0.25, 0.3) is 11.0 Å². The second kappa shape index (κ2) is 9.84. The number of aromatic nitrogens is 3. The standard InChI is InChI=1S/C28H32N6O6S/c1-37-21-5-4-20(33-16-28(17-33)7-10-29-11-8-28)25(38-2)26(21)41(35,36)32-27-23-22(40-31-27)14-18(15-34-12-3-9-30-34)19-6-13-39-24(19)23/h3-5,9,12,14,29H,6-8,10-11,13,15-17H2,1-2H3,(H,31,32). The fourth-order valence-electron chi connectivity index (χ4n) is 6.41. The van der Waals surface area contributed by atoms with Crippen molar-refractivity contribution in [1.82, 2.24) is 20.3 Å². The molecular formula is C28H32N6O6S. The minimum absolute atomic E-state index is 0.0518. The van der Waals surface area contributed by atoms with Gasteiger partial charge in [0, 0.05) is 42.9 Å². The van der Waals surface area contributed by atoms with Crippen LogP contribution in [0.1, 0.15) is 24.0 Å². The smallest absolute Gasteiger partial charge is 0.270 e. The van der Waals surface area contributed by atoms with E-state index < -0.39 is 10.0 Å². The average Bonchev–Trinajstić information content (AvgIpc) is 3.73. The summed E-state index contributed by atoms with van der Waals surface area (Å²) in [6.45, 7) is 4.72. The van der Waals surface area contributed by atoms with Gasteiger partial charge in [0.15, 0.2) is 22.0 Å². The van der Waals surface area contributed by atoms with Crippen LogP contribution in [-0.4, -0.2) is 70.4 Å². The van der Waals surface area contributed by atoms with Crippen LogP contribution >= 0.6 is 0 Å². The minimum atomic E-state index is -4.23. The van der Waals surface area contributed by atoms with Gasteiger partial charge in [0.25, 0.3) is 10.0 Å². The van der Waals surface area contributed by atoms with Crippen LogP contribution < -0.4 is 29.1 Å². The number of anilines is 2. The molecule has 0 radical (unpaired) electrons. The second-order valence-electron chi connectivity index (χ2n) is 10.9. The van der Waals surface area contributed by atoms with Crippen molar-refractivity contribution in [1.29, 1.82) is 0 Å². The van der Waals surface area contributed by atoms with Gasteiger partial charge in [-0.05, 0) is 55.8 Å². The first-order valence-corrected chi connectivity index (χ1v) is 15.2. The summed E-state index contributed by atoms with van der Waals surface area (Å²) >= 11 is 0. The Morgan fingerprint density at radius 2 is 2.00 bits per heavy atom. The summed E-state index contributed by atoms with van der Waals surface area (Å²) in [5.74, 6) is 1.03. The van der Waals surface area contributed by atoms with Crippen molar-refractivity contribution in [2.45, 2.75) is 30.7 Å². The van der Waals surface area contributed by atoms with Crippen LogP contribution in [0.15, 0.2) is 46.1 Å². The minimum Gasteiger partial charge on any atom is -0.495 e. The van der Waals surface area contributed by atoms with Gasteiger partial charge >= 0.3 is 0 Å². The lowest BCUT2D eigenvalue weighted by atomic mass is 9.72. The molecule has 3 aliphatic heterocycles. The molecule has 0 amide bonds. The summed E-state index contributed by atoms with van der Waals surface area (Å²) in [6.07, 6.45) is 6.50. The fraction of sp³-hybridized carbons (Fsp3) is 0.429. The maximum atomic E-state index is 14.0. The Hall–Kier alpha value is -3.97. The predicted octanol–water partition coefficient (Wildman–Crippen LogP) is 3.02. The predicted molar refractivity (Wildman–Crippen MR) is 152 cm³/mol. The number of piperidine rings is 1. The monoisotopic (exact) mass is 580 g/mol. The number of sulfonamides is 1. The number of ether oxygens (including phenoxy) is 3. The molecule has 2 aromatic heterocycles. The Bertz CT molecular complexity index is 1700. The van der Waals surface area contributed by atoms with E-state index in [0.29, 0.717) is 36.3 Å². The zero-order valence-electron chi connectivity index (χ0n) is 23.0. The highest BCUT2D eigenvalue weighted by Crippen LogP contribution is 2.48. The summed E-state index contributed by atoms with van der Waals surface area (Å²) < 4.78 is 55.4. The van der Waals surface area contributed by atoms with Gasteiger partial charge in [-0.25, -0.2) is 8.42 Å². The van der Waals surface area contributed by atoms with Crippen LogP contribution in [0.5, 0.6) is 17.2 Å². The molecule has 1 spiro atoms. The van der Waals surface area contributed by atoms with Crippen LogP contribution in [0, 0.1) is 5.41 Å². The highest BCUT2D eigenvalue weighted by atomic mass is 32.2. The molecule has 0 saturated carbocycles. The third-order valence-corrected chi connectivity index (χ3v) is 9.83. The Labute approximate surface area is 237 Å². The molecule has 4 aromatic rings. The lowest BCUT2D eigenvalue weighted by molar-refractivity contribution is 0.149. The normalized spacial score (nSPS) is 17.8. The van der Waals surface area contributed by atoms with Crippen molar-refractivity contribution >= 4 is 32.5 Å². The molecule has 7 rings (SSSR count). The molecule has 2 N–H and O–H groups in total. The molecule has 5 heterocycles. The fourth-order valence-corrected chi connectivity index (χ4v) is 7.76. The Morgan fingerprint density at radius 3 is 2.73 bits per heavy atom. The van der Waals surface area contributed by atoms with Crippen LogP contribution in [0.4, 0.5) is 11.5 Å². The summed E-state index contributed by atoms with van der Waals surface area (Å²) in [7, 11) is -1.32. The maximum absolute atomic E-state index is 14.0. The molecular weight excluding hydrogens is 548 g/mol. The van der Waals surface area contributed by atoms with E-state index in [2.05, 4.69) is 25.2 Å². The summed E-state index contributed by atoms with van der Waals surface area (Å²) in [5, 5.41) is 12.3.